The molecule has 1 aliphatic rings. The molecule has 1 N–H and O–H groups in total. The van der Waals surface area contributed by atoms with E-state index in [0.717, 1.165) is 13.1 Å². The van der Waals surface area contributed by atoms with Gasteiger partial charge in [0.15, 0.2) is 0 Å². The highest BCUT2D eigenvalue weighted by Crippen LogP contribution is 2.27. The van der Waals surface area contributed by atoms with Crippen LogP contribution in [0.2, 0.25) is 0 Å². The second-order valence-electron chi connectivity index (χ2n) is 3.25. The quantitative estimate of drug-likeness (QED) is 0.807. The summed E-state index contributed by atoms with van der Waals surface area (Å²) in [6, 6.07) is 4.30. The van der Waals surface area contributed by atoms with Crippen molar-refractivity contribution in [3.05, 3.63) is 17.5 Å². The van der Waals surface area contributed by atoms with Gasteiger partial charge in [0.2, 0.25) is 0 Å². The van der Waals surface area contributed by atoms with Gasteiger partial charge in [-0.15, -0.1) is 11.3 Å². The van der Waals surface area contributed by atoms with Gasteiger partial charge in [-0.1, -0.05) is 17.8 Å². The largest absolute Gasteiger partial charge is 0.303 e. The number of nitrogens with one attached hydrogen (secondary N) is 1. The third-order valence-electron chi connectivity index (χ3n) is 2.10. The molecule has 0 amide bonds. The van der Waals surface area contributed by atoms with Gasteiger partial charge in [-0.2, -0.15) is 0 Å². The third-order valence-corrected chi connectivity index (χ3v) is 4.30. The molecule has 0 bridgehead atoms. The monoisotopic (exact) mass is 214 g/mol. The first-order valence-corrected chi connectivity index (χ1v) is 6.22. The van der Waals surface area contributed by atoms with Gasteiger partial charge < -0.3 is 10.2 Å². The van der Waals surface area contributed by atoms with Gasteiger partial charge in [0.05, 0.1) is 9.58 Å². The maximum Gasteiger partial charge on any atom is 0.0716 e. The van der Waals surface area contributed by atoms with Crippen LogP contribution in [0.25, 0.3) is 0 Å². The molecular formula is C9H14N2S2. The van der Waals surface area contributed by atoms with Gasteiger partial charge >= 0.3 is 0 Å². The van der Waals surface area contributed by atoms with E-state index < -0.39 is 0 Å². The molecule has 1 aliphatic heterocycles. The van der Waals surface area contributed by atoms with E-state index in [9.17, 15) is 0 Å². The molecule has 4 heteroatoms. The maximum atomic E-state index is 3.52. The molecule has 0 spiro atoms. The van der Waals surface area contributed by atoms with Crippen LogP contribution in [0.3, 0.4) is 0 Å². The highest BCUT2D eigenvalue weighted by atomic mass is 32.2. The summed E-state index contributed by atoms with van der Waals surface area (Å²) >= 11 is 3.76. The molecule has 2 heterocycles. The van der Waals surface area contributed by atoms with Crippen molar-refractivity contribution in [1.82, 2.24) is 10.2 Å². The summed E-state index contributed by atoms with van der Waals surface area (Å²) in [6.45, 7) is 3.42. The van der Waals surface area contributed by atoms with E-state index in [1.54, 1.807) is 0 Å². The van der Waals surface area contributed by atoms with E-state index in [1.165, 1.54) is 10.8 Å². The summed E-state index contributed by atoms with van der Waals surface area (Å²) < 4.78 is 1.41. The third kappa shape index (κ3) is 2.71. The lowest BCUT2D eigenvalue weighted by atomic mass is 10.4. The van der Waals surface area contributed by atoms with Crippen molar-refractivity contribution < 1.29 is 0 Å². The van der Waals surface area contributed by atoms with E-state index in [-0.39, 0.29) is 0 Å². The van der Waals surface area contributed by atoms with Gasteiger partial charge in [0, 0.05) is 19.6 Å². The van der Waals surface area contributed by atoms with E-state index >= 15 is 0 Å². The number of hydrogen-bond acceptors (Lipinski definition) is 4. The van der Waals surface area contributed by atoms with E-state index in [4.69, 9.17) is 0 Å². The molecule has 13 heavy (non-hydrogen) atoms. The zero-order valence-corrected chi connectivity index (χ0v) is 9.33. The standard InChI is InChI=1S/C9H14N2S2/c1-11-5-4-10-8(7-11)13-9-3-2-6-12-9/h2-3,6,8,10H,4-5,7H2,1H3. The fraction of sp³-hybridized carbons (Fsp3) is 0.556. The van der Waals surface area contributed by atoms with E-state index in [1.807, 2.05) is 23.1 Å². The molecule has 2 nitrogen and oxygen atoms in total. The molecule has 72 valence electrons. The number of rotatable bonds is 2. The highest BCUT2D eigenvalue weighted by Gasteiger charge is 2.17. The summed E-state index contributed by atoms with van der Waals surface area (Å²) in [6.07, 6.45) is 0. The van der Waals surface area contributed by atoms with Gasteiger partial charge in [-0.25, -0.2) is 0 Å². The molecule has 1 fully saturated rings. The molecule has 2 rings (SSSR count). The topological polar surface area (TPSA) is 15.3 Å². The number of piperazine rings is 1. The Morgan fingerprint density at radius 1 is 1.69 bits per heavy atom. The van der Waals surface area contributed by atoms with Crippen LogP contribution in [-0.4, -0.2) is 37.0 Å². The zero-order chi connectivity index (χ0) is 9.10. The van der Waals surface area contributed by atoms with Crippen LogP contribution < -0.4 is 5.32 Å². The molecule has 0 saturated carbocycles. The first-order chi connectivity index (χ1) is 6.34. The van der Waals surface area contributed by atoms with Crippen LogP contribution in [0, 0.1) is 0 Å². The van der Waals surface area contributed by atoms with Crippen molar-refractivity contribution in [1.29, 1.82) is 0 Å². The normalized spacial score (nSPS) is 24.8. The Labute approximate surface area is 87.3 Å². The maximum absolute atomic E-state index is 3.52. The second kappa shape index (κ2) is 4.46. The van der Waals surface area contributed by atoms with Crippen molar-refractivity contribution in [2.24, 2.45) is 0 Å². The smallest absolute Gasteiger partial charge is 0.0716 e. The van der Waals surface area contributed by atoms with Crippen LogP contribution in [0.5, 0.6) is 0 Å². The van der Waals surface area contributed by atoms with Gasteiger partial charge in [0.25, 0.3) is 0 Å². The molecule has 1 aromatic heterocycles. The van der Waals surface area contributed by atoms with E-state index in [0.29, 0.717) is 5.37 Å². The molecule has 0 aromatic carbocycles. The first kappa shape index (κ1) is 9.52. The number of hydrogen-bond donors (Lipinski definition) is 1. The van der Waals surface area contributed by atoms with E-state index in [2.05, 4.69) is 34.8 Å². The summed E-state index contributed by atoms with van der Waals surface area (Å²) in [7, 11) is 2.18. The van der Waals surface area contributed by atoms with Crippen LogP contribution >= 0.6 is 23.1 Å². The Balaban J connectivity index is 1.87. The molecule has 1 atom stereocenters. The summed E-state index contributed by atoms with van der Waals surface area (Å²) in [5, 5.41) is 6.22. The second-order valence-corrected chi connectivity index (χ2v) is 5.71. The number of thiophene rings is 1. The fourth-order valence-electron chi connectivity index (χ4n) is 1.40. The molecule has 1 unspecified atom stereocenters. The Morgan fingerprint density at radius 2 is 2.62 bits per heavy atom. The lowest BCUT2D eigenvalue weighted by Crippen LogP contribution is -2.47. The minimum absolute atomic E-state index is 0.567. The van der Waals surface area contributed by atoms with Crippen molar-refractivity contribution >= 4 is 23.1 Å². The van der Waals surface area contributed by atoms with Crippen molar-refractivity contribution in [2.75, 3.05) is 26.7 Å². The lowest BCUT2D eigenvalue weighted by Gasteiger charge is -2.29. The highest BCUT2D eigenvalue weighted by molar-refractivity contribution is 8.01. The summed E-state index contributed by atoms with van der Waals surface area (Å²) in [5.74, 6) is 0. The Hall–Kier alpha value is -0.0300. The van der Waals surface area contributed by atoms with Crippen LogP contribution in [0.1, 0.15) is 0 Å². The molecule has 1 saturated heterocycles. The predicted octanol–water partition coefficient (Wildman–Crippen LogP) is 1.70. The van der Waals surface area contributed by atoms with Crippen molar-refractivity contribution in [3.8, 4) is 0 Å². The number of nitrogens with zero attached hydrogens (tertiary/aromatic N) is 1. The minimum atomic E-state index is 0.567. The fourth-order valence-corrected chi connectivity index (χ4v) is 3.56. The number of likely N-dealkylation sites (N-methyl/N-ethyl adjacent to an activating group) is 1. The van der Waals surface area contributed by atoms with Gasteiger partial charge in [0.1, 0.15) is 0 Å². The van der Waals surface area contributed by atoms with Crippen molar-refractivity contribution in [3.63, 3.8) is 0 Å². The summed E-state index contributed by atoms with van der Waals surface area (Å²) in [5.41, 5.74) is 0. The van der Waals surface area contributed by atoms with Crippen LogP contribution in [0.4, 0.5) is 0 Å². The summed E-state index contributed by atoms with van der Waals surface area (Å²) in [4.78, 5) is 2.38. The average Bonchev–Trinajstić information content (AvgIpc) is 2.57. The molecule has 0 radical (unpaired) electrons. The Bertz CT molecular complexity index is 248. The zero-order valence-electron chi connectivity index (χ0n) is 7.69. The van der Waals surface area contributed by atoms with Crippen LogP contribution in [0.15, 0.2) is 21.7 Å². The van der Waals surface area contributed by atoms with Crippen molar-refractivity contribution in [2.45, 2.75) is 9.58 Å². The predicted molar refractivity (Wildman–Crippen MR) is 59.5 cm³/mol. The molecule has 0 aliphatic carbocycles. The molecular weight excluding hydrogens is 200 g/mol. The first-order valence-electron chi connectivity index (χ1n) is 4.47. The SMILES string of the molecule is CN1CCNC(Sc2cccs2)C1. The van der Waals surface area contributed by atoms with Gasteiger partial charge in [-0.05, 0) is 18.5 Å². The lowest BCUT2D eigenvalue weighted by molar-refractivity contribution is 0.278. The minimum Gasteiger partial charge on any atom is -0.303 e. The number of thioether (sulfide) groups is 1. The molecule has 1 aromatic rings. The van der Waals surface area contributed by atoms with Gasteiger partial charge in [-0.3, -0.25) is 0 Å². The Kier molecular flexibility index (Phi) is 3.27. The average molecular weight is 214 g/mol. The Morgan fingerprint density at radius 3 is 3.31 bits per heavy atom. The van der Waals surface area contributed by atoms with Crippen LogP contribution in [-0.2, 0) is 0 Å².